The van der Waals surface area contributed by atoms with E-state index in [-0.39, 0.29) is 18.6 Å². The average Bonchev–Trinajstić information content (AvgIpc) is 3.01. The molecule has 0 saturated carbocycles. The van der Waals surface area contributed by atoms with Crippen molar-refractivity contribution in [3.8, 4) is 5.95 Å². The fourth-order valence-electron chi connectivity index (χ4n) is 2.44. The van der Waals surface area contributed by atoms with Crippen LogP contribution < -0.4 is 10.6 Å². The molecule has 8 nitrogen and oxygen atoms in total. The van der Waals surface area contributed by atoms with E-state index in [0.717, 1.165) is 25.8 Å². The topological polar surface area (TPSA) is 106 Å². The van der Waals surface area contributed by atoms with Crippen LogP contribution in [-0.2, 0) is 0 Å². The van der Waals surface area contributed by atoms with Gasteiger partial charge in [0.25, 0.3) is 0 Å². The quantitative estimate of drug-likeness (QED) is 0.811. The molecule has 8 heteroatoms. The lowest BCUT2D eigenvalue weighted by Crippen LogP contribution is -2.43. The SMILES string of the molecule is Nc1nc(N2CCCCC2CO)nc(-n2ccnc2)n1. The summed E-state index contributed by atoms with van der Waals surface area (Å²) in [6.07, 6.45) is 8.11. The Kier molecular flexibility index (Phi) is 3.46. The molecule has 1 saturated heterocycles. The van der Waals surface area contributed by atoms with Crippen molar-refractivity contribution in [2.75, 3.05) is 23.8 Å². The number of nitrogen functional groups attached to an aromatic ring is 1. The van der Waals surface area contributed by atoms with Crippen molar-refractivity contribution in [3.63, 3.8) is 0 Å². The van der Waals surface area contributed by atoms with Crippen molar-refractivity contribution in [1.29, 1.82) is 0 Å². The van der Waals surface area contributed by atoms with Crippen molar-refractivity contribution in [1.82, 2.24) is 24.5 Å². The van der Waals surface area contributed by atoms with Gasteiger partial charge in [-0.2, -0.15) is 15.0 Å². The van der Waals surface area contributed by atoms with E-state index in [9.17, 15) is 5.11 Å². The van der Waals surface area contributed by atoms with Gasteiger partial charge in [0.05, 0.1) is 12.6 Å². The van der Waals surface area contributed by atoms with Crippen LogP contribution >= 0.6 is 0 Å². The van der Waals surface area contributed by atoms with Gasteiger partial charge in [-0.3, -0.25) is 4.57 Å². The monoisotopic (exact) mass is 275 g/mol. The Morgan fingerprint density at radius 3 is 2.85 bits per heavy atom. The van der Waals surface area contributed by atoms with E-state index in [4.69, 9.17) is 5.73 Å². The Labute approximate surface area is 116 Å². The first kappa shape index (κ1) is 12.8. The third kappa shape index (κ3) is 2.42. The molecule has 1 atom stereocenters. The van der Waals surface area contributed by atoms with Crippen molar-refractivity contribution >= 4 is 11.9 Å². The molecule has 1 aliphatic heterocycles. The number of nitrogens with two attached hydrogens (primary N) is 1. The molecule has 1 aliphatic rings. The van der Waals surface area contributed by atoms with Crippen LogP contribution in [-0.4, -0.2) is 48.8 Å². The highest BCUT2D eigenvalue weighted by Gasteiger charge is 2.24. The lowest BCUT2D eigenvalue weighted by molar-refractivity contribution is 0.238. The third-order valence-corrected chi connectivity index (χ3v) is 3.46. The second-order valence-corrected chi connectivity index (χ2v) is 4.79. The maximum atomic E-state index is 9.49. The minimum absolute atomic E-state index is 0.0428. The van der Waals surface area contributed by atoms with Gasteiger partial charge in [0, 0.05) is 18.9 Å². The van der Waals surface area contributed by atoms with Gasteiger partial charge in [-0.15, -0.1) is 0 Å². The lowest BCUT2D eigenvalue weighted by Gasteiger charge is -2.34. The maximum Gasteiger partial charge on any atom is 0.241 e. The van der Waals surface area contributed by atoms with Crippen LogP contribution in [0.25, 0.3) is 5.95 Å². The molecule has 0 radical (unpaired) electrons. The Morgan fingerprint density at radius 1 is 1.25 bits per heavy atom. The fourth-order valence-corrected chi connectivity index (χ4v) is 2.44. The molecule has 3 N–H and O–H groups in total. The fraction of sp³-hybridized carbons (Fsp3) is 0.500. The van der Waals surface area contributed by atoms with E-state index in [0.29, 0.717) is 11.9 Å². The molecule has 3 rings (SSSR count). The molecule has 0 bridgehead atoms. The Bertz CT molecular complexity index is 571. The predicted molar refractivity (Wildman–Crippen MR) is 73.4 cm³/mol. The molecule has 2 aromatic rings. The maximum absolute atomic E-state index is 9.49. The minimum atomic E-state index is 0.0428. The minimum Gasteiger partial charge on any atom is -0.394 e. The van der Waals surface area contributed by atoms with Crippen LogP contribution in [0.1, 0.15) is 19.3 Å². The lowest BCUT2D eigenvalue weighted by atomic mass is 10.0. The van der Waals surface area contributed by atoms with Crippen molar-refractivity contribution < 1.29 is 5.11 Å². The van der Waals surface area contributed by atoms with Crippen LogP contribution in [0, 0.1) is 0 Å². The van der Waals surface area contributed by atoms with E-state index in [1.165, 1.54) is 0 Å². The van der Waals surface area contributed by atoms with Crippen LogP contribution in [0.4, 0.5) is 11.9 Å². The molecule has 20 heavy (non-hydrogen) atoms. The summed E-state index contributed by atoms with van der Waals surface area (Å²) >= 11 is 0. The predicted octanol–water partition coefficient (Wildman–Crippen LogP) is -0.00930. The summed E-state index contributed by atoms with van der Waals surface area (Å²) in [6.45, 7) is 0.907. The summed E-state index contributed by atoms with van der Waals surface area (Å²) in [5.74, 6) is 1.12. The summed E-state index contributed by atoms with van der Waals surface area (Å²) in [6, 6.07) is 0.0428. The summed E-state index contributed by atoms with van der Waals surface area (Å²) in [4.78, 5) is 18.7. The number of aliphatic hydroxyl groups is 1. The number of imidazole rings is 1. The summed E-state index contributed by atoms with van der Waals surface area (Å²) in [5, 5.41) is 9.49. The van der Waals surface area contributed by atoms with Crippen molar-refractivity contribution in [2.24, 2.45) is 0 Å². The molecule has 106 valence electrons. The van der Waals surface area contributed by atoms with E-state index in [1.807, 2.05) is 4.90 Å². The highest BCUT2D eigenvalue weighted by atomic mass is 16.3. The molecule has 0 aromatic carbocycles. The Morgan fingerprint density at radius 2 is 2.10 bits per heavy atom. The highest BCUT2D eigenvalue weighted by Crippen LogP contribution is 2.22. The first-order valence-corrected chi connectivity index (χ1v) is 6.65. The first-order valence-electron chi connectivity index (χ1n) is 6.65. The zero-order valence-electron chi connectivity index (χ0n) is 11.1. The molecule has 2 aromatic heterocycles. The molecule has 0 aliphatic carbocycles. The Balaban J connectivity index is 1.96. The largest absolute Gasteiger partial charge is 0.394 e. The van der Waals surface area contributed by atoms with Crippen LogP contribution in [0.2, 0.25) is 0 Å². The van der Waals surface area contributed by atoms with Gasteiger partial charge in [-0.1, -0.05) is 0 Å². The van der Waals surface area contributed by atoms with E-state index in [2.05, 4.69) is 19.9 Å². The number of aromatic nitrogens is 5. The van der Waals surface area contributed by atoms with Gasteiger partial charge in [-0.05, 0) is 19.3 Å². The second kappa shape index (κ2) is 5.41. The van der Waals surface area contributed by atoms with Crippen LogP contribution in [0.5, 0.6) is 0 Å². The van der Waals surface area contributed by atoms with Gasteiger partial charge in [-0.25, -0.2) is 4.98 Å². The van der Waals surface area contributed by atoms with Gasteiger partial charge < -0.3 is 15.7 Å². The number of piperidine rings is 1. The summed E-state index contributed by atoms with van der Waals surface area (Å²) < 4.78 is 1.68. The molecule has 1 unspecified atom stereocenters. The third-order valence-electron chi connectivity index (χ3n) is 3.46. The normalized spacial score (nSPS) is 19.2. The molecule has 1 fully saturated rings. The molecular weight excluding hydrogens is 258 g/mol. The average molecular weight is 275 g/mol. The summed E-state index contributed by atoms with van der Waals surface area (Å²) in [7, 11) is 0. The number of nitrogens with zero attached hydrogens (tertiary/aromatic N) is 6. The van der Waals surface area contributed by atoms with Gasteiger partial charge >= 0.3 is 0 Å². The van der Waals surface area contributed by atoms with Gasteiger partial charge in [0.15, 0.2) is 0 Å². The van der Waals surface area contributed by atoms with E-state index >= 15 is 0 Å². The van der Waals surface area contributed by atoms with Gasteiger partial charge in [0.2, 0.25) is 17.8 Å². The Hall–Kier alpha value is -2.22. The molecule has 3 heterocycles. The molecule has 0 spiro atoms. The molecule has 0 amide bonds. The number of rotatable bonds is 3. The van der Waals surface area contributed by atoms with Crippen molar-refractivity contribution in [2.45, 2.75) is 25.3 Å². The number of hydrogen-bond donors (Lipinski definition) is 2. The zero-order valence-corrected chi connectivity index (χ0v) is 11.1. The number of anilines is 2. The first-order chi connectivity index (χ1) is 9.78. The number of aliphatic hydroxyl groups excluding tert-OH is 1. The second-order valence-electron chi connectivity index (χ2n) is 4.79. The summed E-state index contributed by atoms with van der Waals surface area (Å²) in [5.41, 5.74) is 5.77. The van der Waals surface area contributed by atoms with E-state index in [1.54, 1.807) is 23.3 Å². The zero-order chi connectivity index (χ0) is 13.9. The molecular formula is C12H17N7O. The van der Waals surface area contributed by atoms with Gasteiger partial charge in [0.1, 0.15) is 6.33 Å². The standard InChI is InChI=1S/C12H17N7O/c13-10-15-11(18-6-4-14-8-18)17-12(16-10)19-5-2-1-3-9(19)7-20/h4,6,8-9,20H,1-3,5,7H2,(H2,13,15,16,17). The van der Waals surface area contributed by atoms with E-state index < -0.39 is 0 Å². The highest BCUT2D eigenvalue weighted by molar-refractivity contribution is 5.39. The van der Waals surface area contributed by atoms with Crippen LogP contribution in [0.3, 0.4) is 0 Å². The number of hydrogen-bond acceptors (Lipinski definition) is 7. The van der Waals surface area contributed by atoms with Crippen molar-refractivity contribution in [3.05, 3.63) is 18.7 Å². The van der Waals surface area contributed by atoms with Crippen LogP contribution in [0.15, 0.2) is 18.7 Å². The smallest absolute Gasteiger partial charge is 0.241 e.